The Labute approximate surface area is 227 Å². The molecule has 0 spiro atoms. The van der Waals surface area contributed by atoms with Crippen LogP contribution in [0.5, 0.6) is 0 Å². The Morgan fingerprint density at radius 3 is 2.35 bits per heavy atom. The van der Waals surface area contributed by atoms with Gasteiger partial charge in [0.15, 0.2) is 0 Å². The zero-order chi connectivity index (χ0) is 29.3. The number of halogens is 6. The van der Waals surface area contributed by atoms with Crippen LogP contribution >= 0.6 is 0 Å². The number of alkyl halides is 6. The van der Waals surface area contributed by atoms with Crippen LogP contribution in [0.15, 0.2) is 24.5 Å². The van der Waals surface area contributed by atoms with Crippen molar-refractivity contribution in [3.8, 4) is 0 Å². The third kappa shape index (κ3) is 6.94. The molecule has 2 heterocycles. The van der Waals surface area contributed by atoms with Gasteiger partial charge in [0.2, 0.25) is 5.91 Å². The first-order valence-corrected chi connectivity index (χ1v) is 14.3. The first-order chi connectivity index (χ1) is 18.7. The third-order valence-corrected chi connectivity index (χ3v) is 8.75. The molecule has 2 fully saturated rings. The number of amides is 1. The van der Waals surface area contributed by atoms with Crippen molar-refractivity contribution in [3.05, 3.63) is 30.1 Å². The maximum atomic E-state index is 13.1. The molecule has 16 heteroatoms. The number of anilines is 1. The summed E-state index contributed by atoms with van der Waals surface area (Å²) in [6, 6.07) is 2.39. The number of hydrogen-bond acceptors (Lipinski definition) is 7. The van der Waals surface area contributed by atoms with Gasteiger partial charge in [0.05, 0.1) is 23.7 Å². The van der Waals surface area contributed by atoms with E-state index in [1.54, 1.807) is 6.92 Å². The highest BCUT2D eigenvalue weighted by Gasteiger charge is 2.47. The summed E-state index contributed by atoms with van der Waals surface area (Å²) in [5.41, 5.74) is -5.89. The Bertz CT molecular complexity index is 1310. The minimum atomic E-state index is -5.40. The van der Waals surface area contributed by atoms with Gasteiger partial charge in [-0.25, -0.2) is 23.1 Å². The van der Waals surface area contributed by atoms with Crippen molar-refractivity contribution < 1.29 is 39.6 Å². The number of carbonyl (C=O) groups is 1. The number of aromatic nitrogens is 2. The fourth-order valence-electron chi connectivity index (χ4n) is 5.37. The molecule has 2 aliphatic rings. The highest BCUT2D eigenvalue weighted by molar-refractivity contribution is 7.90. The molecular formula is C24H30F6N6O3S. The number of likely N-dealkylation sites (tertiary alicyclic amines) is 1. The normalized spacial score (nSPS) is 22.1. The summed E-state index contributed by atoms with van der Waals surface area (Å²) in [6.07, 6.45) is -0.493. The molecule has 3 N–H and O–H groups in total. The first kappa shape index (κ1) is 30.2. The lowest BCUT2D eigenvalue weighted by Gasteiger charge is -2.47. The monoisotopic (exact) mass is 596 g/mol. The fourth-order valence-corrected chi connectivity index (χ4v) is 6.26. The Morgan fingerprint density at radius 1 is 1.07 bits per heavy atom. The smallest absolute Gasteiger partial charge is 0.360 e. The Kier molecular flexibility index (Phi) is 8.80. The molecule has 9 nitrogen and oxygen atoms in total. The lowest BCUT2D eigenvalue weighted by Crippen LogP contribution is -2.63. The molecule has 1 atom stereocenters. The molecular weight excluding hydrogens is 566 g/mol. The second-order valence-corrected chi connectivity index (χ2v) is 11.9. The number of sulfonamides is 1. The van der Waals surface area contributed by atoms with Gasteiger partial charge in [-0.1, -0.05) is 6.92 Å². The SMILES string of the molecule is CCC(NS(=O)(=O)C(F)(F)F)C1CCC(N2CC(NC(=O)CNc3ncnc4ccc(C(F)(F)F)cc34)C2)CC1. The van der Waals surface area contributed by atoms with Crippen molar-refractivity contribution in [2.24, 2.45) is 5.92 Å². The zero-order valence-electron chi connectivity index (χ0n) is 21.5. The van der Waals surface area contributed by atoms with E-state index in [0.29, 0.717) is 44.3 Å². The standard InChI is InChI=1S/C24H30F6N6O3S/c1-2-19(35-40(38,39)24(28,29)30)14-3-6-17(7-4-14)36-11-16(12-36)34-21(37)10-31-22-18-9-15(23(25,26)27)5-8-20(18)32-13-33-22/h5,8-9,13-14,16-17,19,35H,2-4,6-7,10-12H2,1H3,(H,34,37)(H,31,32,33). The second-order valence-electron chi connectivity index (χ2n) is 10.2. The predicted molar refractivity (Wildman–Crippen MR) is 134 cm³/mol. The molecule has 1 amide bonds. The average molecular weight is 597 g/mol. The van der Waals surface area contributed by atoms with Crippen molar-refractivity contribution in [3.63, 3.8) is 0 Å². The molecule has 1 aromatic heterocycles. The Balaban J connectivity index is 1.22. The van der Waals surface area contributed by atoms with Crippen molar-refractivity contribution in [1.82, 2.24) is 24.9 Å². The predicted octanol–water partition coefficient (Wildman–Crippen LogP) is 3.64. The summed E-state index contributed by atoms with van der Waals surface area (Å²) in [6.45, 7) is 2.63. The maximum absolute atomic E-state index is 13.1. The van der Waals surface area contributed by atoms with Crippen molar-refractivity contribution in [2.45, 2.75) is 68.8 Å². The molecule has 0 bridgehead atoms. The number of hydrogen-bond donors (Lipinski definition) is 3. The molecule has 1 aliphatic heterocycles. The number of carbonyl (C=O) groups excluding carboxylic acids is 1. The summed E-state index contributed by atoms with van der Waals surface area (Å²) in [5, 5.41) is 5.79. The molecule has 4 rings (SSSR count). The summed E-state index contributed by atoms with van der Waals surface area (Å²) in [7, 11) is -5.40. The quantitative estimate of drug-likeness (QED) is 0.379. The molecule has 2 aromatic rings. The molecule has 1 unspecified atom stereocenters. The van der Waals surface area contributed by atoms with Gasteiger partial charge in [0.1, 0.15) is 12.1 Å². The summed E-state index contributed by atoms with van der Waals surface area (Å²) >= 11 is 0. The van der Waals surface area contributed by atoms with E-state index in [1.807, 2.05) is 4.72 Å². The first-order valence-electron chi connectivity index (χ1n) is 12.9. The minimum Gasteiger partial charge on any atom is -0.360 e. The molecule has 0 radical (unpaired) electrons. The van der Waals surface area contributed by atoms with Gasteiger partial charge in [-0.3, -0.25) is 9.69 Å². The minimum absolute atomic E-state index is 0.112. The molecule has 1 saturated carbocycles. The third-order valence-electron chi connectivity index (χ3n) is 7.53. The highest BCUT2D eigenvalue weighted by Crippen LogP contribution is 2.34. The molecule has 1 aliphatic carbocycles. The van der Waals surface area contributed by atoms with Crippen LogP contribution in [0.25, 0.3) is 10.9 Å². The molecule has 1 saturated heterocycles. The van der Waals surface area contributed by atoms with Crippen LogP contribution in [0.2, 0.25) is 0 Å². The van der Waals surface area contributed by atoms with Gasteiger partial charge in [0, 0.05) is 30.6 Å². The van der Waals surface area contributed by atoms with Gasteiger partial charge in [-0.15, -0.1) is 0 Å². The summed E-state index contributed by atoms with van der Waals surface area (Å²) in [5.74, 6) is -0.428. The van der Waals surface area contributed by atoms with Gasteiger partial charge in [-0.05, 0) is 56.2 Å². The largest absolute Gasteiger partial charge is 0.511 e. The van der Waals surface area contributed by atoms with E-state index in [-0.39, 0.29) is 48.1 Å². The van der Waals surface area contributed by atoms with Crippen LogP contribution in [0.4, 0.5) is 32.2 Å². The van der Waals surface area contributed by atoms with Crippen LogP contribution in [-0.2, 0) is 21.0 Å². The van der Waals surface area contributed by atoms with Gasteiger partial charge >= 0.3 is 21.7 Å². The van der Waals surface area contributed by atoms with Gasteiger partial charge < -0.3 is 10.6 Å². The number of nitrogens with one attached hydrogen (secondary N) is 3. The Morgan fingerprint density at radius 2 is 1.75 bits per heavy atom. The maximum Gasteiger partial charge on any atom is 0.511 e. The van der Waals surface area contributed by atoms with Crippen molar-refractivity contribution in [1.29, 1.82) is 0 Å². The van der Waals surface area contributed by atoms with E-state index in [1.165, 1.54) is 12.4 Å². The number of benzene rings is 1. The summed E-state index contributed by atoms with van der Waals surface area (Å²) in [4.78, 5) is 22.6. The Hall–Kier alpha value is -2.72. The van der Waals surface area contributed by atoms with Crippen LogP contribution in [0.1, 0.15) is 44.6 Å². The molecule has 40 heavy (non-hydrogen) atoms. The van der Waals surface area contributed by atoms with E-state index in [2.05, 4.69) is 25.5 Å². The molecule has 1 aromatic carbocycles. The van der Waals surface area contributed by atoms with Crippen LogP contribution in [0, 0.1) is 5.92 Å². The van der Waals surface area contributed by atoms with E-state index < -0.39 is 33.3 Å². The lowest BCUT2D eigenvalue weighted by molar-refractivity contribution is -0.137. The van der Waals surface area contributed by atoms with E-state index in [0.717, 1.165) is 12.1 Å². The summed E-state index contributed by atoms with van der Waals surface area (Å²) < 4.78 is 102. The van der Waals surface area contributed by atoms with Crippen LogP contribution in [0.3, 0.4) is 0 Å². The zero-order valence-corrected chi connectivity index (χ0v) is 22.3. The number of nitrogens with zero attached hydrogens (tertiary/aromatic N) is 3. The average Bonchev–Trinajstić information content (AvgIpc) is 2.86. The number of rotatable bonds is 9. The van der Waals surface area contributed by atoms with E-state index in [4.69, 9.17) is 0 Å². The number of fused-ring (bicyclic) bond motifs is 1. The van der Waals surface area contributed by atoms with Crippen molar-refractivity contribution >= 4 is 32.7 Å². The highest BCUT2D eigenvalue weighted by atomic mass is 32.2. The van der Waals surface area contributed by atoms with Gasteiger partial charge in [0.25, 0.3) is 0 Å². The van der Waals surface area contributed by atoms with Crippen molar-refractivity contribution in [2.75, 3.05) is 25.0 Å². The van der Waals surface area contributed by atoms with Crippen LogP contribution in [-0.4, -0.2) is 72.5 Å². The van der Waals surface area contributed by atoms with Crippen LogP contribution < -0.4 is 15.4 Å². The van der Waals surface area contributed by atoms with E-state index in [9.17, 15) is 39.6 Å². The lowest BCUT2D eigenvalue weighted by atomic mass is 9.79. The van der Waals surface area contributed by atoms with Gasteiger partial charge in [-0.2, -0.15) is 26.3 Å². The van der Waals surface area contributed by atoms with E-state index >= 15 is 0 Å². The molecule has 222 valence electrons. The second kappa shape index (κ2) is 11.6. The topological polar surface area (TPSA) is 116 Å². The fraction of sp³-hybridized carbons (Fsp3) is 0.625.